The molecule has 1 aliphatic rings. The van der Waals surface area contributed by atoms with Gasteiger partial charge < -0.3 is 9.47 Å². The van der Waals surface area contributed by atoms with Gasteiger partial charge in [-0.3, -0.25) is 0 Å². The van der Waals surface area contributed by atoms with E-state index in [-0.39, 0.29) is 5.97 Å². The van der Waals surface area contributed by atoms with Gasteiger partial charge in [-0.25, -0.2) is 4.79 Å². The summed E-state index contributed by atoms with van der Waals surface area (Å²) in [6.45, 7) is 3.45. The molecule has 16 heavy (non-hydrogen) atoms. The molecular weight excluding hydrogens is 204 g/mol. The molecule has 0 unspecified atom stereocenters. The largest absolute Gasteiger partial charge is 0.457 e. The van der Waals surface area contributed by atoms with Gasteiger partial charge in [-0.1, -0.05) is 30.3 Å². The maximum Gasteiger partial charge on any atom is 0.337 e. The summed E-state index contributed by atoms with van der Waals surface area (Å²) in [6, 6.07) is 9.87. The summed E-state index contributed by atoms with van der Waals surface area (Å²) in [4.78, 5) is 11.3. The van der Waals surface area contributed by atoms with Gasteiger partial charge in [0.25, 0.3) is 0 Å². The number of hydrogen-bond acceptors (Lipinski definition) is 3. The molecule has 0 radical (unpaired) electrons. The zero-order valence-electron chi connectivity index (χ0n) is 9.40. The van der Waals surface area contributed by atoms with Crippen molar-refractivity contribution in [3.63, 3.8) is 0 Å². The summed E-state index contributed by atoms with van der Waals surface area (Å²) in [5.74, 6) is -0.565. The summed E-state index contributed by atoms with van der Waals surface area (Å²) in [5, 5.41) is 0. The Morgan fingerprint density at radius 3 is 2.44 bits per heavy atom. The highest BCUT2D eigenvalue weighted by atomic mass is 16.7. The fraction of sp³-hybridized carbons (Fsp3) is 0.308. The Labute approximate surface area is 94.7 Å². The van der Waals surface area contributed by atoms with Crippen LogP contribution >= 0.6 is 0 Å². The first-order chi connectivity index (χ1) is 7.55. The van der Waals surface area contributed by atoms with Crippen molar-refractivity contribution >= 4 is 5.97 Å². The van der Waals surface area contributed by atoms with Crippen LogP contribution < -0.4 is 0 Å². The molecule has 0 aromatic heterocycles. The molecule has 1 aliphatic heterocycles. The van der Waals surface area contributed by atoms with Gasteiger partial charge in [-0.15, -0.1) is 0 Å². The Hall–Kier alpha value is -1.77. The van der Waals surface area contributed by atoms with Gasteiger partial charge in [-0.05, 0) is 5.56 Å². The zero-order valence-corrected chi connectivity index (χ0v) is 9.40. The van der Waals surface area contributed by atoms with Crippen LogP contribution in [0.2, 0.25) is 0 Å². The first kappa shape index (κ1) is 10.7. The molecule has 2 rings (SSSR count). The molecule has 1 aromatic carbocycles. The summed E-state index contributed by atoms with van der Waals surface area (Å²) in [6.07, 6.45) is 2.01. The average Bonchev–Trinajstić information content (AvgIpc) is 2.15. The second-order valence-electron chi connectivity index (χ2n) is 4.20. The van der Waals surface area contributed by atoms with Crippen LogP contribution in [0, 0.1) is 0 Å². The van der Waals surface area contributed by atoms with E-state index < -0.39 is 5.79 Å². The minimum atomic E-state index is -0.865. The molecule has 84 valence electrons. The van der Waals surface area contributed by atoms with Crippen LogP contribution in [-0.2, 0) is 20.7 Å². The third kappa shape index (κ3) is 2.63. The second kappa shape index (κ2) is 4.00. The maximum atomic E-state index is 11.3. The van der Waals surface area contributed by atoms with Crippen molar-refractivity contribution in [1.29, 1.82) is 0 Å². The molecule has 3 heteroatoms. The zero-order chi connectivity index (χ0) is 11.6. The lowest BCUT2D eigenvalue weighted by Crippen LogP contribution is -2.34. The van der Waals surface area contributed by atoms with E-state index >= 15 is 0 Å². The Kier molecular flexibility index (Phi) is 2.69. The van der Waals surface area contributed by atoms with Crippen LogP contribution in [-0.4, -0.2) is 11.8 Å². The van der Waals surface area contributed by atoms with E-state index in [1.807, 2.05) is 30.3 Å². The van der Waals surface area contributed by atoms with Gasteiger partial charge in [0, 0.05) is 20.3 Å². The van der Waals surface area contributed by atoms with E-state index in [9.17, 15) is 4.79 Å². The van der Waals surface area contributed by atoms with Crippen LogP contribution in [0.4, 0.5) is 0 Å². The van der Waals surface area contributed by atoms with Crippen molar-refractivity contribution in [2.24, 2.45) is 0 Å². The smallest absolute Gasteiger partial charge is 0.337 e. The Bertz CT molecular complexity index is 418. The van der Waals surface area contributed by atoms with E-state index in [1.165, 1.54) is 6.08 Å². The predicted octanol–water partition coefficient (Wildman–Crippen LogP) is 2.42. The molecule has 0 amide bonds. The van der Waals surface area contributed by atoms with E-state index in [2.05, 4.69) is 0 Å². The quantitative estimate of drug-likeness (QED) is 0.715. The van der Waals surface area contributed by atoms with Crippen molar-refractivity contribution < 1.29 is 14.3 Å². The summed E-state index contributed by atoms with van der Waals surface area (Å²) < 4.78 is 10.6. The van der Waals surface area contributed by atoms with Crippen molar-refractivity contribution in [3.05, 3.63) is 47.7 Å². The Morgan fingerprint density at radius 1 is 1.12 bits per heavy atom. The van der Waals surface area contributed by atoms with Gasteiger partial charge >= 0.3 is 5.97 Å². The molecule has 0 bridgehead atoms. The van der Waals surface area contributed by atoms with Gasteiger partial charge in [-0.2, -0.15) is 0 Å². The fourth-order valence-electron chi connectivity index (χ4n) is 1.65. The number of allylic oxidation sites excluding steroid dienone is 1. The SMILES string of the molecule is CC1(C)OC(=O)C=C(Cc2ccccc2)O1. The summed E-state index contributed by atoms with van der Waals surface area (Å²) in [7, 11) is 0. The fourth-order valence-corrected chi connectivity index (χ4v) is 1.65. The first-order valence-electron chi connectivity index (χ1n) is 5.22. The third-order valence-electron chi connectivity index (χ3n) is 2.22. The highest BCUT2D eigenvalue weighted by Gasteiger charge is 2.29. The Morgan fingerprint density at radius 2 is 1.81 bits per heavy atom. The van der Waals surface area contributed by atoms with E-state index in [0.29, 0.717) is 12.2 Å². The standard InChI is InChI=1S/C13H14O3/c1-13(2)15-11(9-12(14)16-13)8-10-6-4-3-5-7-10/h3-7,9H,8H2,1-2H3. The van der Waals surface area contributed by atoms with Crippen molar-refractivity contribution in [2.75, 3.05) is 0 Å². The van der Waals surface area contributed by atoms with Gasteiger partial charge in [0.05, 0.1) is 6.08 Å². The molecule has 0 atom stereocenters. The van der Waals surface area contributed by atoms with Crippen LogP contribution in [0.3, 0.4) is 0 Å². The number of benzene rings is 1. The van der Waals surface area contributed by atoms with Crippen molar-refractivity contribution in [2.45, 2.75) is 26.1 Å². The number of carbonyl (C=O) groups is 1. The number of cyclic esters (lactones) is 1. The first-order valence-corrected chi connectivity index (χ1v) is 5.22. The lowest BCUT2D eigenvalue weighted by atomic mass is 10.1. The highest BCUT2D eigenvalue weighted by Crippen LogP contribution is 2.24. The van der Waals surface area contributed by atoms with Crippen LogP contribution in [0.5, 0.6) is 0 Å². The maximum absolute atomic E-state index is 11.3. The number of ether oxygens (including phenoxy) is 2. The molecule has 0 spiro atoms. The van der Waals surface area contributed by atoms with Gasteiger partial charge in [0.2, 0.25) is 5.79 Å². The van der Waals surface area contributed by atoms with Crippen LogP contribution in [0.15, 0.2) is 42.2 Å². The molecule has 0 aliphatic carbocycles. The van der Waals surface area contributed by atoms with Crippen LogP contribution in [0.1, 0.15) is 19.4 Å². The monoisotopic (exact) mass is 218 g/mol. The molecular formula is C13H14O3. The minimum Gasteiger partial charge on any atom is -0.457 e. The number of esters is 1. The van der Waals surface area contributed by atoms with Crippen LogP contribution in [0.25, 0.3) is 0 Å². The van der Waals surface area contributed by atoms with E-state index in [4.69, 9.17) is 9.47 Å². The summed E-state index contributed by atoms with van der Waals surface area (Å²) >= 11 is 0. The molecule has 1 aromatic rings. The average molecular weight is 218 g/mol. The minimum absolute atomic E-state index is 0.345. The number of rotatable bonds is 2. The topological polar surface area (TPSA) is 35.5 Å². The predicted molar refractivity (Wildman–Crippen MR) is 59.5 cm³/mol. The molecule has 0 saturated heterocycles. The Balaban J connectivity index is 2.14. The third-order valence-corrected chi connectivity index (χ3v) is 2.22. The van der Waals surface area contributed by atoms with Gasteiger partial charge in [0.1, 0.15) is 5.76 Å². The second-order valence-corrected chi connectivity index (χ2v) is 4.20. The van der Waals surface area contributed by atoms with E-state index in [1.54, 1.807) is 13.8 Å². The normalized spacial score (nSPS) is 18.4. The van der Waals surface area contributed by atoms with E-state index in [0.717, 1.165) is 5.56 Å². The van der Waals surface area contributed by atoms with Crippen molar-refractivity contribution in [3.8, 4) is 0 Å². The number of carbonyl (C=O) groups excluding carboxylic acids is 1. The number of hydrogen-bond donors (Lipinski definition) is 0. The lowest BCUT2D eigenvalue weighted by Gasteiger charge is -2.30. The molecule has 0 N–H and O–H groups in total. The molecule has 0 saturated carbocycles. The summed E-state index contributed by atoms with van der Waals surface area (Å²) in [5.41, 5.74) is 1.11. The highest BCUT2D eigenvalue weighted by molar-refractivity contribution is 5.83. The van der Waals surface area contributed by atoms with Gasteiger partial charge in [0.15, 0.2) is 0 Å². The molecule has 0 fully saturated rings. The molecule has 3 nitrogen and oxygen atoms in total. The molecule has 1 heterocycles. The lowest BCUT2D eigenvalue weighted by molar-refractivity contribution is -0.205. The van der Waals surface area contributed by atoms with Crippen molar-refractivity contribution in [1.82, 2.24) is 0 Å².